The molecule has 14 heavy (non-hydrogen) atoms. The van der Waals surface area contributed by atoms with Crippen molar-refractivity contribution in [2.75, 3.05) is 0 Å². The quantitative estimate of drug-likeness (QED) is 0.724. The number of nitrogens with one attached hydrogen (secondary N) is 1. The Balaban J connectivity index is 2.57. The molecule has 0 aliphatic carbocycles. The van der Waals surface area contributed by atoms with Gasteiger partial charge in [0.15, 0.2) is 11.6 Å². The Bertz CT molecular complexity index is 428. The van der Waals surface area contributed by atoms with Crippen LogP contribution in [0.25, 0.3) is 11.6 Å². The number of H-pyrrole nitrogens is 1. The molecule has 0 aromatic carbocycles. The second kappa shape index (κ2) is 3.34. The zero-order valence-corrected chi connectivity index (χ0v) is 8.50. The maximum absolute atomic E-state index is 5.92. The summed E-state index contributed by atoms with van der Waals surface area (Å²) in [6.45, 7) is 3.75. The minimum atomic E-state index is 0.448. The molecular formula is C8H8ClN5. The summed E-state index contributed by atoms with van der Waals surface area (Å²) >= 11 is 5.92. The number of rotatable bonds is 1. The summed E-state index contributed by atoms with van der Waals surface area (Å²) in [5.41, 5.74) is 1.73. The molecular weight excluding hydrogens is 202 g/mol. The standard InChI is InChI=1S/C8H8ClN5/c1-4-5(2)12-8(13-6(4)9)7-10-3-11-14-7/h3H,1-2H3,(H,10,11,14). The molecule has 0 saturated carbocycles. The Hall–Kier alpha value is -1.49. The molecule has 6 heteroatoms. The second-order valence-electron chi connectivity index (χ2n) is 2.88. The number of aromatic nitrogens is 5. The van der Waals surface area contributed by atoms with Crippen molar-refractivity contribution in [3.8, 4) is 11.6 Å². The lowest BCUT2D eigenvalue weighted by Crippen LogP contribution is -1.97. The smallest absolute Gasteiger partial charge is 0.198 e. The van der Waals surface area contributed by atoms with Crippen LogP contribution in [0, 0.1) is 13.8 Å². The van der Waals surface area contributed by atoms with Gasteiger partial charge in [-0.3, -0.25) is 5.10 Å². The zero-order chi connectivity index (χ0) is 10.1. The summed E-state index contributed by atoms with van der Waals surface area (Å²) in [6.07, 6.45) is 1.40. The van der Waals surface area contributed by atoms with Crippen LogP contribution in [0.4, 0.5) is 0 Å². The molecule has 0 amide bonds. The SMILES string of the molecule is Cc1nc(-c2ncn[nH]2)nc(Cl)c1C. The molecule has 0 aliphatic heterocycles. The lowest BCUT2D eigenvalue weighted by atomic mass is 10.3. The van der Waals surface area contributed by atoms with Gasteiger partial charge in [0, 0.05) is 11.3 Å². The highest BCUT2D eigenvalue weighted by atomic mass is 35.5. The predicted octanol–water partition coefficient (Wildman–Crippen LogP) is 1.53. The average molecular weight is 210 g/mol. The second-order valence-corrected chi connectivity index (χ2v) is 3.24. The Morgan fingerprint density at radius 1 is 1.29 bits per heavy atom. The summed E-state index contributed by atoms with van der Waals surface area (Å²) in [5, 5.41) is 6.85. The van der Waals surface area contributed by atoms with Crippen LogP contribution in [0.2, 0.25) is 5.15 Å². The van der Waals surface area contributed by atoms with E-state index in [0.29, 0.717) is 16.8 Å². The van der Waals surface area contributed by atoms with Gasteiger partial charge in [0.05, 0.1) is 0 Å². The summed E-state index contributed by atoms with van der Waals surface area (Å²) < 4.78 is 0. The van der Waals surface area contributed by atoms with Gasteiger partial charge in [-0.2, -0.15) is 5.10 Å². The fourth-order valence-corrected chi connectivity index (χ4v) is 1.23. The number of aryl methyl sites for hydroxylation is 1. The van der Waals surface area contributed by atoms with Gasteiger partial charge in [0.25, 0.3) is 0 Å². The van der Waals surface area contributed by atoms with E-state index < -0.39 is 0 Å². The van der Waals surface area contributed by atoms with Gasteiger partial charge in [-0.05, 0) is 13.8 Å². The molecule has 0 bridgehead atoms. The molecule has 0 fully saturated rings. The van der Waals surface area contributed by atoms with Crippen molar-refractivity contribution in [1.82, 2.24) is 25.1 Å². The van der Waals surface area contributed by atoms with Crippen molar-refractivity contribution in [3.63, 3.8) is 0 Å². The maximum atomic E-state index is 5.92. The van der Waals surface area contributed by atoms with Crippen molar-refractivity contribution >= 4 is 11.6 Å². The lowest BCUT2D eigenvalue weighted by molar-refractivity contribution is 1.02. The van der Waals surface area contributed by atoms with E-state index in [1.54, 1.807) is 0 Å². The van der Waals surface area contributed by atoms with E-state index in [4.69, 9.17) is 11.6 Å². The molecule has 2 heterocycles. The third-order valence-corrected chi connectivity index (χ3v) is 2.32. The van der Waals surface area contributed by atoms with Crippen molar-refractivity contribution in [1.29, 1.82) is 0 Å². The maximum Gasteiger partial charge on any atom is 0.198 e. The van der Waals surface area contributed by atoms with E-state index in [-0.39, 0.29) is 0 Å². The predicted molar refractivity (Wildman–Crippen MR) is 51.9 cm³/mol. The lowest BCUT2D eigenvalue weighted by Gasteiger charge is -2.02. The number of aromatic amines is 1. The fourth-order valence-electron chi connectivity index (χ4n) is 1.01. The first-order valence-electron chi connectivity index (χ1n) is 4.05. The van der Waals surface area contributed by atoms with E-state index in [0.717, 1.165) is 11.3 Å². The van der Waals surface area contributed by atoms with Gasteiger partial charge in [-0.15, -0.1) is 0 Å². The van der Waals surface area contributed by atoms with Crippen LogP contribution in [-0.4, -0.2) is 25.1 Å². The van der Waals surface area contributed by atoms with Gasteiger partial charge in [0.1, 0.15) is 11.5 Å². The van der Waals surface area contributed by atoms with Gasteiger partial charge < -0.3 is 0 Å². The summed E-state index contributed by atoms with van der Waals surface area (Å²) in [4.78, 5) is 12.3. The molecule has 2 aromatic heterocycles. The Kier molecular flexibility index (Phi) is 2.17. The number of hydrogen-bond donors (Lipinski definition) is 1. The molecule has 2 rings (SSSR count). The third-order valence-electron chi connectivity index (χ3n) is 1.96. The minimum absolute atomic E-state index is 0.448. The van der Waals surface area contributed by atoms with Crippen LogP contribution in [0.1, 0.15) is 11.3 Å². The molecule has 5 nitrogen and oxygen atoms in total. The van der Waals surface area contributed by atoms with Crippen molar-refractivity contribution < 1.29 is 0 Å². The third kappa shape index (κ3) is 1.46. The number of halogens is 1. The minimum Gasteiger partial charge on any atom is -0.257 e. The van der Waals surface area contributed by atoms with Crippen molar-refractivity contribution in [2.24, 2.45) is 0 Å². The van der Waals surface area contributed by atoms with E-state index in [2.05, 4.69) is 25.1 Å². The highest BCUT2D eigenvalue weighted by molar-refractivity contribution is 6.30. The monoisotopic (exact) mass is 209 g/mol. The molecule has 0 aliphatic rings. The normalized spacial score (nSPS) is 10.5. The Labute approximate surface area is 85.6 Å². The largest absolute Gasteiger partial charge is 0.257 e. The molecule has 2 aromatic rings. The topological polar surface area (TPSA) is 67.3 Å². The number of nitrogens with zero attached hydrogens (tertiary/aromatic N) is 4. The van der Waals surface area contributed by atoms with Gasteiger partial charge >= 0.3 is 0 Å². The van der Waals surface area contributed by atoms with E-state index >= 15 is 0 Å². The Morgan fingerprint density at radius 2 is 2.07 bits per heavy atom. The van der Waals surface area contributed by atoms with Crippen molar-refractivity contribution in [3.05, 3.63) is 22.7 Å². The fraction of sp³-hybridized carbons (Fsp3) is 0.250. The van der Waals surface area contributed by atoms with Crippen LogP contribution >= 0.6 is 11.6 Å². The summed E-state index contributed by atoms with van der Waals surface area (Å²) in [7, 11) is 0. The zero-order valence-electron chi connectivity index (χ0n) is 7.74. The Morgan fingerprint density at radius 3 is 2.64 bits per heavy atom. The molecule has 0 radical (unpaired) electrons. The van der Waals surface area contributed by atoms with E-state index in [9.17, 15) is 0 Å². The van der Waals surface area contributed by atoms with Crippen LogP contribution in [0.15, 0.2) is 6.33 Å². The molecule has 0 atom stereocenters. The van der Waals surface area contributed by atoms with Crippen LogP contribution in [0.5, 0.6) is 0 Å². The highest BCUT2D eigenvalue weighted by Gasteiger charge is 2.09. The summed E-state index contributed by atoms with van der Waals surface area (Å²) in [6, 6.07) is 0. The first-order valence-corrected chi connectivity index (χ1v) is 4.42. The first kappa shape index (κ1) is 9.08. The van der Waals surface area contributed by atoms with Crippen molar-refractivity contribution in [2.45, 2.75) is 13.8 Å². The highest BCUT2D eigenvalue weighted by Crippen LogP contribution is 2.18. The average Bonchev–Trinajstić information content (AvgIpc) is 2.66. The first-order chi connectivity index (χ1) is 6.68. The van der Waals surface area contributed by atoms with Gasteiger partial charge in [0.2, 0.25) is 0 Å². The number of hydrogen-bond acceptors (Lipinski definition) is 4. The summed E-state index contributed by atoms with van der Waals surface area (Å²) in [5.74, 6) is 0.991. The molecule has 0 saturated heterocycles. The molecule has 1 N–H and O–H groups in total. The van der Waals surface area contributed by atoms with Crippen LogP contribution in [0.3, 0.4) is 0 Å². The molecule has 0 unspecified atom stereocenters. The van der Waals surface area contributed by atoms with Crippen LogP contribution < -0.4 is 0 Å². The molecule has 72 valence electrons. The van der Waals surface area contributed by atoms with Crippen LogP contribution in [-0.2, 0) is 0 Å². The molecule has 0 spiro atoms. The van der Waals surface area contributed by atoms with Gasteiger partial charge in [-0.25, -0.2) is 15.0 Å². The van der Waals surface area contributed by atoms with E-state index in [1.807, 2.05) is 13.8 Å². The van der Waals surface area contributed by atoms with Gasteiger partial charge in [-0.1, -0.05) is 11.6 Å². The van der Waals surface area contributed by atoms with E-state index in [1.165, 1.54) is 6.33 Å².